The van der Waals surface area contributed by atoms with Crippen molar-refractivity contribution < 1.29 is 54.0 Å². The Kier molecular flexibility index (Phi) is 7.36. The molecule has 5 N–H and O–H groups in total. The zero-order valence-corrected chi connectivity index (χ0v) is 19.1. The number of phenols is 1. The second-order valence-corrected chi connectivity index (χ2v) is 9.22. The van der Waals surface area contributed by atoms with Crippen LogP contribution in [0.5, 0.6) is 11.5 Å². The Hall–Kier alpha value is -1.97. The molecular formula is C21H27NO11S. The summed E-state index contributed by atoms with van der Waals surface area (Å²) in [7, 11) is 0. The summed E-state index contributed by atoms with van der Waals surface area (Å²) in [4.78, 5) is 15.6. The highest BCUT2D eigenvalue weighted by Crippen LogP contribution is 2.46. The van der Waals surface area contributed by atoms with Gasteiger partial charge in [-0.3, -0.25) is 4.99 Å². The number of epoxide rings is 1. The van der Waals surface area contributed by atoms with Gasteiger partial charge in [0.15, 0.2) is 11.8 Å². The maximum absolute atomic E-state index is 11.3. The first-order valence-corrected chi connectivity index (χ1v) is 11.6. The number of aromatic hydroxyl groups is 1. The van der Waals surface area contributed by atoms with Gasteiger partial charge in [-0.25, -0.2) is 4.79 Å². The molecule has 3 aliphatic rings. The minimum absolute atomic E-state index is 0.0635. The summed E-state index contributed by atoms with van der Waals surface area (Å²) in [5.41, 5.74) is -0.763. The van der Waals surface area contributed by atoms with Crippen molar-refractivity contribution in [3.63, 3.8) is 0 Å². The van der Waals surface area contributed by atoms with Crippen LogP contribution in [0, 0.1) is 0 Å². The topological polar surface area (TPSA) is 180 Å². The van der Waals surface area contributed by atoms with Crippen LogP contribution in [0.25, 0.3) is 0 Å². The highest BCUT2D eigenvalue weighted by Gasteiger charge is 2.70. The Morgan fingerprint density at radius 1 is 1.29 bits per heavy atom. The second kappa shape index (κ2) is 9.95. The minimum atomic E-state index is -1.67. The molecule has 4 rings (SSSR count). The van der Waals surface area contributed by atoms with Crippen LogP contribution in [0.3, 0.4) is 0 Å². The quantitative estimate of drug-likeness (QED) is 0.190. The van der Waals surface area contributed by atoms with Gasteiger partial charge >= 0.3 is 5.97 Å². The van der Waals surface area contributed by atoms with Gasteiger partial charge in [-0.15, -0.1) is 11.8 Å². The summed E-state index contributed by atoms with van der Waals surface area (Å²) in [6.07, 6.45) is -4.09. The fourth-order valence-electron chi connectivity index (χ4n) is 3.61. The number of nitrogens with zero attached hydrogens (tertiary/aromatic N) is 1. The van der Waals surface area contributed by atoms with Gasteiger partial charge in [-0.2, -0.15) is 0 Å². The molecule has 13 heteroatoms. The van der Waals surface area contributed by atoms with Gasteiger partial charge in [-0.1, -0.05) is 0 Å². The Morgan fingerprint density at radius 3 is 2.74 bits per heavy atom. The third-order valence-corrected chi connectivity index (χ3v) is 6.98. The van der Waals surface area contributed by atoms with Gasteiger partial charge in [0.05, 0.1) is 26.4 Å². The monoisotopic (exact) mass is 501 g/mol. The van der Waals surface area contributed by atoms with Crippen molar-refractivity contribution in [2.75, 3.05) is 38.8 Å². The van der Waals surface area contributed by atoms with Crippen molar-refractivity contribution in [3.8, 4) is 11.5 Å². The summed E-state index contributed by atoms with van der Waals surface area (Å²) in [5, 5.41) is 49.4. The van der Waals surface area contributed by atoms with Gasteiger partial charge < -0.3 is 49.2 Å². The number of carbonyl (C=O) groups is 1. The molecule has 3 aliphatic heterocycles. The van der Waals surface area contributed by atoms with Gasteiger partial charge in [0.25, 0.3) is 0 Å². The van der Waals surface area contributed by atoms with E-state index in [4.69, 9.17) is 23.7 Å². The number of hydrogen-bond donors (Lipinski definition) is 5. The lowest BCUT2D eigenvalue weighted by Gasteiger charge is -2.32. The number of rotatable bonds is 11. The van der Waals surface area contributed by atoms with Crippen molar-refractivity contribution in [1.82, 2.24) is 0 Å². The number of aliphatic hydroxyl groups is 3. The average Bonchev–Trinajstić information content (AvgIpc) is 3.35. The molecule has 1 aromatic rings. The third kappa shape index (κ3) is 5.02. The van der Waals surface area contributed by atoms with Crippen molar-refractivity contribution in [3.05, 3.63) is 23.8 Å². The molecule has 0 spiro atoms. The van der Waals surface area contributed by atoms with Crippen LogP contribution >= 0.6 is 11.8 Å². The summed E-state index contributed by atoms with van der Waals surface area (Å²) in [5.74, 6) is -2.04. The highest BCUT2D eigenvalue weighted by molar-refractivity contribution is 8.14. The van der Waals surface area contributed by atoms with Crippen LogP contribution in [0.2, 0.25) is 0 Å². The van der Waals surface area contributed by atoms with Gasteiger partial charge in [0.2, 0.25) is 5.79 Å². The molecule has 6 unspecified atom stereocenters. The number of aliphatic carboxylic acids is 1. The number of thioether (sulfide) groups is 1. The van der Waals surface area contributed by atoms with Crippen LogP contribution in [0.15, 0.2) is 23.2 Å². The number of aliphatic imine (C=N–C) groups is 1. The predicted octanol–water partition coefficient (Wildman–Crippen LogP) is -0.694. The summed E-state index contributed by atoms with van der Waals surface area (Å²) in [6.45, 7) is 1.76. The first-order valence-electron chi connectivity index (χ1n) is 10.6. The first-order chi connectivity index (χ1) is 16.2. The summed E-state index contributed by atoms with van der Waals surface area (Å²) in [6, 6.07) is 4.70. The molecule has 188 valence electrons. The number of phenolic OH excluding ortho intramolecular Hbond substituents is 1. The molecule has 0 saturated carbocycles. The first kappa shape index (κ1) is 25.1. The van der Waals surface area contributed by atoms with Crippen molar-refractivity contribution in [2.24, 2.45) is 4.99 Å². The molecular weight excluding hydrogens is 474 g/mol. The Morgan fingerprint density at radius 2 is 2.06 bits per heavy atom. The Bertz CT molecular complexity index is 945. The second-order valence-electron chi connectivity index (χ2n) is 8.25. The molecule has 1 aromatic carbocycles. The maximum Gasteiger partial charge on any atom is 0.332 e. The van der Waals surface area contributed by atoms with Gasteiger partial charge in [-0.05, 0) is 19.1 Å². The number of hydrogen-bond acceptors (Lipinski definition) is 12. The molecule has 34 heavy (non-hydrogen) atoms. The fraction of sp³-hybridized carbons (Fsp3) is 0.619. The van der Waals surface area contributed by atoms with E-state index in [1.54, 1.807) is 12.1 Å². The Labute approximate surface area is 199 Å². The molecule has 6 atom stereocenters. The number of aliphatic hydroxyl groups excluding tert-OH is 2. The Balaban J connectivity index is 1.15. The molecule has 2 fully saturated rings. The highest BCUT2D eigenvalue weighted by atomic mass is 32.2. The van der Waals surface area contributed by atoms with E-state index in [0.29, 0.717) is 22.1 Å². The number of ether oxygens (including phenoxy) is 5. The summed E-state index contributed by atoms with van der Waals surface area (Å²) >= 11 is 1.27. The third-order valence-electron chi connectivity index (χ3n) is 5.69. The van der Waals surface area contributed by atoms with Crippen LogP contribution < -0.4 is 4.74 Å². The van der Waals surface area contributed by atoms with E-state index >= 15 is 0 Å². The number of fused-ring (bicyclic) bond motifs is 1. The fourth-order valence-corrected chi connectivity index (χ4v) is 4.81. The van der Waals surface area contributed by atoms with Crippen LogP contribution in [0.4, 0.5) is 0 Å². The molecule has 0 aliphatic carbocycles. The van der Waals surface area contributed by atoms with Gasteiger partial charge in [0, 0.05) is 17.4 Å². The van der Waals surface area contributed by atoms with Crippen molar-refractivity contribution in [2.45, 2.75) is 42.9 Å². The molecule has 3 heterocycles. The van der Waals surface area contributed by atoms with Crippen molar-refractivity contribution in [1.29, 1.82) is 0 Å². The smallest absolute Gasteiger partial charge is 0.332 e. The molecule has 0 amide bonds. The standard InChI is InChI=1S/C21H27NO11S/c1-20(19(26)27)10-34-17(22-20)12-3-2-11(8-13(12)24)30-6-4-29-5-7-31-18-15(25)16-21(28,33-16)14(9-23)32-18/h2-3,8,14-16,18,23-25,28H,4-7,9-10H2,1H3,(H,26,27). The van der Waals surface area contributed by atoms with E-state index in [1.807, 2.05) is 0 Å². The molecule has 2 saturated heterocycles. The molecule has 12 nitrogen and oxygen atoms in total. The average molecular weight is 502 g/mol. The number of carboxylic acids is 1. The van der Waals surface area contributed by atoms with E-state index in [0.717, 1.165) is 0 Å². The lowest BCUT2D eigenvalue weighted by Crippen LogP contribution is -2.53. The van der Waals surface area contributed by atoms with Gasteiger partial charge in [0.1, 0.15) is 41.5 Å². The molecule has 0 bridgehead atoms. The molecule has 0 radical (unpaired) electrons. The van der Waals surface area contributed by atoms with Crippen LogP contribution in [-0.4, -0.2) is 111 Å². The van der Waals surface area contributed by atoms with E-state index in [-0.39, 0.29) is 32.2 Å². The largest absolute Gasteiger partial charge is 0.507 e. The maximum atomic E-state index is 11.3. The lowest BCUT2D eigenvalue weighted by molar-refractivity contribution is -0.269. The zero-order valence-electron chi connectivity index (χ0n) is 18.3. The van der Waals surface area contributed by atoms with E-state index < -0.39 is 48.5 Å². The van der Waals surface area contributed by atoms with E-state index in [1.165, 1.54) is 24.8 Å². The van der Waals surface area contributed by atoms with E-state index in [9.17, 15) is 30.3 Å². The normalized spacial score (nSPS) is 34.4. The lowest BCUT2D eigenvalue weighted by atomic mass is 10.0. The van der Waals surface area contributed by atoms with Crippen molar-refractivity contribution >= 4 is 22.8 Å². The number of benzene rings is 1. The molecule has 0 aromatic heterocycles. The minimum Gasteiger partial charge on any atom is -0.507 e. The number of carboxylic acid groups (broad SMARTS) is 1. The summed E-state index contributed by atoms with van der Waals surface area (Å²) < 4.78 is 26.7. The SMILES string of the molecule is CC1(C(=O)O)CSC(c2ccc(OCCOCCOC3OC(CO)C4(O)OC4C3O)cc2O)=N1. The zero-order chi connectivity index (χ0) is 24.5. The predicted molar refractivity (Wildman–Crippen MR) is 117 cm³/mol. The van der Waals surface area contributed by atoms with Crippen LogP contribution in [-0.2, 0) is 23.7 Å². The van der Waals surface area contributed by atoms with E-state index in [2.05, 4.69) is 4.99 Å². The van der Waals surface area contributed by atoms with Crippen LogP contribution in [0.1, 0.15) is 12.5 Å².